The number of halogens is 2. The summed E-state index contributed by atoms with van der Waals surface area (Å²) in [6, 6.07) is 13.0. The van der Waals surface area contributed by atoms with Crippen molar-refractivity contribution < 1.29 is 9.32 Å². The van der Waals surface area contributed by atoms with Crippen LogP contribution in [0.4, 0.5) is 5.69 Å². The van der Waals surface area contributed by atoms with Crippen molar-refractivity contribution in [3.05, 3.63) is 69.4 Å². The van der Waals surface area contributed by atoms with E-state index in [1.54, 1.807) is 25.1 Å². The van der Waals surface area contributed by atoms with Gasteiger partial charge in [0.05, 0.1) is 10.0 Å². The molecular formula is C21H20Cl2N2O2. The fourth-order valence-electron chi connectivity index (χ4n) is 2.86. The van der Waals surface area contributed by atoms with Gasteiger partial charge < -0.3 is 9.84 Å². The average Bonchev–Trinajstić information content (AvgIpc) is 3.03. The number of nitrogens with zero attached hydrogens (tertiary/aromatic N) is 1. The van der Waals surface area contributed by atoms with Crippen molar-refractivity contribution in [2.45, 2.75) is 33.1 Å². The van der Waals surface area contributed by atoms with Crippen molar-refractivity contribution in [3.63, 3.8) is 0 Å². The second-order valence-electron chi connectivity index (χ2n) is 6.44. The van der Waals surface area contributed by atoms with E-state index in [1.165, 1.54) is 5.56 Å². The Balaban J connectivity index is 1.91. The van der Waals surface area contributed by atoms with Crippen LogP contribution in [0.2, 0.25) is 10.0 Å². The summed E-state index contributed by atoms with van der Waals surface area (Å²) in [5, 5.41) is 7.72. The van der Waals surface area contributed by atoms with Crippen LogP contribution < -0.4 is 5.32 Å². The highest BCUT2D eigenvalue weighted by Gasteiger charge is 2.25. The summed E-state index contributed by atoms with van der Waals surface area (Å²) in [7, 11) is 0. The summed E-state index contributed by atoms with van der Waals surface area (Å²) < 4.78 is 5.26. The van der Waals surface area contributed by atoms with Crippen LogP contribution in [0.3, 0.4) is 0 Å². The van der Waals surface area contributed by atoms with E-state index >= 15 is 0 Å². The largest absolute Gasteiger partial charge is 0.360 e. The van der Waals surface area contributed by atoms with Crippen LogP contribution in [0.1, 0.15) is 47.9 Å². The van der Waals surface area contributed by atoms with Crippen molar-refractivity contribution in [2.24, 2.45) is 0 Å². The van der Waals surface area contributed by atoms with Gasteiger partial charge in [-0.05, 0) is 49.1 Å². The lowest BCUT2D eigenvalue weighted by Gasteiger charge is -2.11. The fourth-order valence-corrected chi connectivity index (χ4v) is 3.43. The Labute approximate surface area is 168 Å². The first-order valence-corrected chi connectivity index (χ1v) is 9.50. The average molecular weight is 403 g/mol. The lowest BCUT2D eigenvalue weighted by molar-refractivity contribution is 0.102. The number of benzene rings is 2. The van der Waals surface area contributed by atoms with Gasteiger partial charge in [0.15, 0.2) is 0 Å². The van der Waals surface area contributed by atoms with Crippen LogP contribution >= 0.6 is 23.2 Å². The second kappa shape index (κ2) is 8.15. The minimum atomic E-state index is -0.323. The van der Waals surface area contributed by atoms with Gasteiger partial charge in [0, 0.05) is 11.3 Å². The molecule has 0 saturated carbocycles. The Kier molecular flexibility index (Phi) is 5.88. The van der Waals surface area contributed by atoms with Crippen molar-refractivity contribution in [1.82, 2.24) is 5.16 Å². The first-order chi connectivity index (χ1) is 12.9. The molecule has 0 fully saturated rings. The summed E-state index contributed by atoms with van der Waals surface area (Å²) >= 11 is 12.5. The summed E-state index contributed by atoms with van der Waals surface area (Å²) in [5.74, 6) is 0.551. The molecule has 0 spiro atoms. The molecular weight excluding hydrogens is 383 g/mol. The van der Waals surface area contributed by atoms with Crippen LogP contribution in [0.25, 0.3) is 11.3 Å². The minimum absolute atomic E-state index is 0.316. The standard InChI is InChI=1S/C21H20Cl2N2O2/c1-4-12(2)14-8-10-15(11-9-14)24-21(26)18-13(3)27-25-20(18)19-16(22)6-5-7-17(19)23/h5-12H,4H2,1-3H3,(H,24,26)/t12-/m1/s1. The zero-order chi connectivity index (χ0) is 19.6. The highest BCUT2D eigenvalue weighted by atomic mass is 35.5. The van der Waals surface area contributed by atoms with Crippen molar-refractivity contribution in [1.29, 1.82) is 0 Å². The first kappa shape index (κ1) is 19.5. The van der Waals surface area contributed by atoms with Gasteiger partial charge in [0.1, 0.15) is 17.0 Å². The molecule has 0 aliphatic heterocycles. The molecule has 0 bridgehead atoms. The Bertz CT molecular complexity index is 945. The number of hydrogen-bond donors (Lipinski definition) is 1. The van der Waals surface area contributed by atoms with E-state index in [2.05, 4.69) is 24.3 Å². The highest BCUT2D eigenvalue weighted by Crippen LogP contribution is 2.37. The SMILES string of the molecule is CC[C@@H](C)c1ccc(NC(=O)c2c(-c3c(Cl)cccc3Cl)noc2C)cc1. The quantitative estimate of drug-likeness (QED) is 0.514. The number of hydrogen-bond acceptors (Lipinski definition) is 3. The second-order valence-corrected chi connectivity index (χ2v) is 7.26. The number of carbonyl (C=O) groups is 1. The third-order valence-electron chi connectivity index (χ3n) is 4.64. The number of aromatic nitrogens is 1. The zero-order valence-corrected chi connectivity index (χ0v) is 16.9. The molecule has 27 heavy (non-hydrogen) atoms. The minimum Gasteiger partial charge on any atom is -0.360 e. The van der Waals surface area contributed by atoms with Crippen LogP contribution in [-0.2, 0) is 0 Å². The monoisotopic (exact) mass is 402 g/mol. The number of anilines is 1. The number of carbonyl (C=O) groups excluding carboxylic acids is 1. The van der Waals surface area contributed by atoms with E-state index in [-0.39, 0.29) is 5.91 Å². The van der Waals surface area contributed by atoms with Gasteiger partial charge in [-0.25, -0.2) is 0 Å². The van der Waals surface area contributed by atoms with Crippen molar-refractivity contribution in [2.75, 3.05) is 5.32 Å². The molecule has 1 amide bonds. The number of aryl methyl sites for hydroxylation is 1. The maximum Gasteiger partial charge on any atom is 0.261 e. The summed E-state index contributed by atoms with van der Waals surface area (Å²) in [5.41, 5.74) is 3.06. The van der Waals surface area contributed by atoms with Gasteiger partial charge in [0.2, 0.25) is 0 Å². The fraction of sp³-hybridized carbons (Fsp3) is 0.238. The van der Waals surface area contributed by atoms with Gasteiger partial charge in [-0.1, -0.05) is 60.4 Å². The summed E-state index contributed by atoms with van der Waals surface area (Å²) in [4.78, 5) is 12.9. The van der Waals surface area contributed by atoms with E-state index in [4.69, 9.17) is 27.7 Å². The Morgan fingerprint density at radius 3 is 2.37 bits per heavy atom. The molecule has 1 aromatic heterocycles. The summed E-state index contributed by atoms with van der Waals surface area (Å²) in [6.45, 7) is 6.01. The third kappa shape index (κ3) is 4.02. The van der Waals surface area contributed by atoms with Gasteiger partial charge in [-0.15, -0.1) is 0 Å². The Hall–Kier alpha value is -2.30. The third-order valence-corrected chi connectivity index (χ3v) is 5.27. The topological polar surface area (TPSA) is 55.1 Å². The zero-order valence-electron chi connectivity index (χ0n) is 15.3. The smallest absolute Gasteiger partial charge is 0.261 e. The van der Waals surface area contributed by atoms with Gasteiger partial charge in [-0.3, -0.25) is 4.79 Å². The Morgan fingerprint density at radius 2 is 1.78 bits per heavy atom. The predicted molar refractivity (Wildman–Crippen MR) is 110 cm³/mol. The molecule has 2 aromatic carbocycles. The van der Waals surface area contributed by atoms with E-state index < -0.39 is 0 Å². The van der Waals surface area contributed by atoms with Crippen molar-refractivity contribution >= 4 is 34.8 Å². The lowest BCUT2D eigenvalue weighted by atomic mass is 9.98. The number of nitrogens with one attached hydrogen (secondary N) is 1. The highest BCUT2D eigenvalue weighted by molar-refractivity contribution is 6.39. The maximum atomic E-state index is 12.9. The lowest BCUT2D eigenvalue weighted by Crippen LogP contribution is -2.13. The van der Waals surface area contributed by atoms with Gasteiger partial charge >= 0.3 is 0 Å². The normalized spacial score (nSPS) is 12.0. The molecule has 3 rings (SSSR count). The molecule has 4 nitrogen and oxygen atoms in total. The van der Waals surface area contributed by atoms with E-state index in [9.17, 15) is 4.79 Å². The summed E-state index contributed by atoms with van der Waals surface area (Å²) in [6.07, 6.45) is 1.06. The molecule has 1 atom stereocenters. The molecule has 0 aliphatic carbocycles. The molecule has 6 heteroatoms. The molecule has 0 radical (unpaired) electrons. The van der Waals surface area contributed by atoms with E-state index in [0.29, 0.717) is 44.2 Å². The molecule has 3 aromatic rings. The number of amides is 1. The molecule has 0 saturated heterocycles. The van der Waals surface area contributed by atoms with Crippen molar-refractivity contribution in [3.8, 4) is 11.3 Å². The Morgan fingerprint density at radius 1 is 1.15 bits per heavy atom. The maximum absolute atomic E-state index is 12.9. The van der Waals surface area contributed by atoms with Crippen LogP contribution in [0.5, 0.6) is 0 Å². The van der Waals surface area contributed by atoms with Gasteiger partial charge in [0.25, 0.3) is 5.91 Å². The molecule has 0 aliphatic rings. The molecule has 0 unspecified atom stereocenters. The molecule has 1 heterocycles. The van der Waals surface area contributed by atoms with Crippen LogP contribution in [0.15, 0.2) is 47.0 Å². The predicted octanol–water partition coefficient (Wildman–Crippen LogP) is 6.72. The van der Waals surface area contributed by atoms with E-state index in [0.717, 1.165) is 6.42 Å². The van der Waals surface area contributed by atoms with Gasteiger partial charge in [-0.2, -0.15) is 0 Å². The number of rotatable bonds is 5. The first-order valence-electron chi connectivity index (χ1n) is 8.74. The van der Waals surface area contributed by atoms with E-state index in [1.807, 2.05) is 24.3 Å². The van der Waals surface area contributed by atoms with Crippen LogP contribution in [0, 0.1) is 6.92 Å². The molecule has 1 N–H and O–H groups in total. The van der Waals surface area contributed by atoms with Crippen LogP contribution in [-0.4, -0.2) is 11.1 Å². The molecule has 140 valence electrons.